The van der Waals surface area contributed by atoms with Crippen molar-refractivity contribution in [2.45, 2.75) is 32.8 Å². The van der Waals surface area contributed by atoms with Crippen LogP contribution < -0.4 is 0 Å². The van der Waals surface area contributed by atoms with E-state index in [-0.39, 0.29) is 0 Å². The van der Waals surface area contributed by atoms with Crippen LogP contribution in [0.3, 0.4) is 0 Å². The summed E-state index contributed by atoms with van der Waals surface area (Å²) in [5.41, 5.74) is 1.94. The van der Waals surface area contributed by atoms with Gasteiger partial charge in [-0.3, -0.25) is 4.98 Å². The zero-order chi connectivity index (χ0) is 9.14. The summed E-state index contributed by atoms with van der Waals surface area (Å²) in [6, 6.07) is 3.89. The molecule has 1 atom stereocenters. The van der Waals surface area contributed by atoms with Crippen LogP contribution >= 0.6 is 0 Å². The molecule has 1 aromatic heterocycles. The van der Waals surface area contributed by atoms with Crippen molar-refractivity contribution in [2.75, 3.05) is 0 Å². The average Bonchev–Trinajstić information content (AvgIpc) is 2.04. The summed E-state index contributed by atoms with van der Waals surface area (Å²) in [6.45, 7) is 5.95. The molecule has 0 aliphatic carbocycles. The number of rotatable bonds is 2. The highest BCUT2D eigenvalue weighted by molar-refractivity contribution is 5.17. The Labute approximate surface area is 73.3 Å². The number of aromatic nitrogens is 1. The van der Waals surface area contributed by atoms with Crippen molar-refractivity contribution in [3.8, 4) is 0 Å². The molecule has 0 bridgehead atoms. The van der Waals surface area contributed by atoms with Gasteiger partial charge in [0.2, 0.25) is 0 Å². The van der Waals surface area contributed by atoms with Crippen LogP contribution in [0, 0.1) is 0 Å². The second-order valence-corrected chi connectivity index (χ2v) is 3.35. The molecular formula is C10H15NO. The summed E-state index contributed by atoms with van der Waals surface area (Å²) in [6.07, 6.45) is 1.32. The maximum atomic E-state index is 9.21. The number of nitrogens with zero attached hydrogens (tertiary/aromatic N) is 1. The fourth-order valence-corrected chi connectivity index (χ4v) is 1.01. The smallest absolute Gasteiger partial charge is 0.0776 e. The van der Waals surface area contributed by atoms with E-state index in [1.54, 1.807) is 13.1 Å². The highest BCUT2D eigenvalue weighted by Gasteiger charge is 2.03. The highest BCUT2D eigenvalue weighted by atomic mass is 16.3. The molecule has 0 amide bonds. The van der Waals surface area contributed by atoms with Crippen molar-refractivity contribution in [2.24, 2.45) is 0 Å². The lowest BCUT2D eigenvalue weighted by atomic mass is 10.1. The number of hydrogen-bond donors (Lipinski definition) is 1. The molecule has 0 aromatic carbocycles. The lowest BCUT2D eigenvalue weighted by Gasteiger charge is -2.07. The van der Waals surface area contributed by atoms with E-state index in [9.17, 15) is 5.11 Å². The summed E-state index contributed by atoms with van der Waals surface area (Å²) in [7, 11) is 0. The number of hydrogen-bond acceptors (Lipinski definition) is 2. The van der Waals surface area contributed by atoms with Gasteiger partial charge < -0.3 is 5.11 Å². The molecule has 2 nitrogen and oxygen atoms in total. The summed E-state index contributed by atoms with van der Waals surface area (Å²) in [4.78, 5) is 4.24. The maximum absolute atomic E-state index is 9.21. The molecule has 0 saturated carbocycles. The Bertz CT molecular complexity index is 212. The van der Waals surface area contributed by atoms with Crippen molar-refractivity contribution < 1.29 is 5.11 Å². The van der Waals surface area contributed by atoms with Gasteiger partial charge in [-0.05, 0) is 24.5 Å². The van der Waals surface area contributed by atoms with E-state index in [1.165, 1.54) is 0 Å². The third-order valence-corrected chi connectivity index (χ3v) is 1.88. The van der Waals surface area contributed by atoms with Crippen LogP contribution in [0.1, 0.15) is 44.1 Å². The Kier molecular flexibility index (Phi) is 2.82. The Balaban J connectivity index is 2.86. The van der Waals surface area contributed by atoms with Crippen molar-refractivity contribution in [1.82, 2.24) is 4.98 Å². The first-order valence-electron chi connectivity index (χ1n) is 4.25. The minimum atomic E-state index is -0.418. The van der Waals surface area contributed by atoms with Gasteiger partial charge in [0, 0.05) is 11.9 Å². The number of aliphatic hydroxyl groups is 1. The van der Waals surface area contributed by atoms with E-state index in [0.717, 1.165) is 11.3 Å². The van der Waals surface area contributed by atoms with Gasteiger partial charge in [-0.2, -0.15) is 0 Å². The number of aliphatic hydroxyl groups excluding tert-OH is 1. The normalized spacial score (nSPS) is 13.4. The van der Waals surface area contributed by atoms with E-state index >= 15 is 0 Å². The van der Waals surface area contributed by atoms with E-state index < -0.39 is 6.10 Å². The fraction of sp³-hybridized carbons (Fsp3) is 0.500. The molecule has 2 heteroatoms. The van der Waals surface area contributed by atoms with E-state index in [1.807, 2.05) is 12.1 Å². The lowest BCUT2D eigenvalue weighted by Crippen LogP contribution is -1.96. The maximum Gasteiger partial charge on any atom is 0.0776 e. The van der Waals surface area contributed by atoms with Crippen LogP contribution in [-0.2, 0) is 0 Å². The van der Waals surface area contributed by atoms with Gasteiger partial charge in [0.25, 0.3) is 0 Å². The van der Waals surface area contributed by atoms with Crippen molar-refractivity contribution in [3.05, 3.63) is 29.6 Å². The summed E-state index contributed by atoms with van der Waals surface area (Å²) in [5, 5.41) is 9.21. The van der Waals surface area contributed by atoms with Crippen LogP contribution in [0.15, 0.2) is 18.3 Å². The lowest BCUT2D eigenvalue weighted by molar-refractivity contribution is 0.199. The summed E-state index contributed by atoms with van der Waals surface area (Å²) >= 11 is 0. The minimum Gasteiger partial charge on any atom is -0.389 e. The van der Waals surface area contributed by atoms with Crippen LogP contribution in [0.2, 0.25) is 0 Å². The molecule has 1 N–H and O–H groups in total. The van der Waals surface area contributed by atoms with Crippen LogP contribution in [-0.4, -0.2) is 10.1 Å². The summed E-state index contributed by atoms with van der Waals surface area (Å²) < 4.78 is 0. The van der Waals surface area contributed by atoms with Gasteiger partial charge >= 0.3 is 0 Å². The van der Waals surface area contributed by atoms with Gasteiger partial charge in [-0.1, -0.05) is 19.9 Å². The van der Waals surface area contributed by atoms with E-state index in [0.29, 0.717) is 5.92 Å². The van der Waals surface area contributed by atoms with Crippen LogP contribution in [0.25, 0.3) is 0 Å². The fourth-order valence-electron chi connectivity index (χ4n) is 1.01. The first kappa shape index (κ1) is 9.20. The molecule has 1 aromatic rings. The second-order valence-electron chi connectivity index (χ2n) is 3.35. The third kappa shape index (κ3) is 2.05. The quantitative estimate of drug-likeness (QED) is 0.729. The molecule has 0 radical (unpaired) electrons. The SMILES string of the molecule is CC(C)c1ccc([C@H](C)O)cn1. The Morgan fingerprint density at radius 3 is 2.25 bits per heavy atom. The van der Waals surface area contributed by atoms with Crippen molar-refractivity contribution in [3.63, 3.8) is 0 Å². The molecule has 0 aliphatic rings. The van der Waals surface area contributed by atoms with Crippen LogP contribution in [0.4, 0.5) is 0 Å². The topological polar surface area (TPSA) is 33.1 Å². The molecule has 12 heavy (non-hydrogen) atoms. The van der Waals surface area contributed by atoms with Gasteiger partial charge in [-0.25, -0.2) is 0 Å². The number of pyridine rings is 1. The monoisotopic (exact) mass is 165 g/mol. The molecule has 0 unspecified atom stereocenters. The molecule has 0 saturated heterocycles. The van der Waals surface area contributed by atoms with Gasteiger partial charge in [0.15, 0.2) is 0 Å². The molecule has 1 heterocycles. The Morgan fingerprint density at radius 1 is 1.25 bits per heavy atom. The highest BCUT2D eigenvalue weighted by Crippen LogP contribution is 2.14. The van der Waals surface area contributed by atoms with Crippen molar-refractivity contribution >= 4 is 0 Å². The predicted octanol–water partition coefficient (Wildman–Crippen LogP) is 2.26. The largest absolute Gasteiger partial charge is 0.389 e. The molecular weight excluding hydrogens is 150 g/mol. The zero-order valence-electron chi connectivity index (χ0n) is 7.78. The minimum absolute atomic E-state index is 0.418. The van der Waals surface area contributed by atoms with E-state index in [2.05, 4.69) is 18.8 Å². The standard InChI is InChI=1S/C10H15NO/c1-7(2)10-5-4-9(6-11-10)8(3)12/h4-8,12H,1-3H3/t8-/m0/s1. The first-order valence-corrected chi connectivity index (χ1v) is 4.25. The Hall–Kier alpha value is -0.890. The third-order valence-electron chi connectivity index (χ3n) is 1.88. The van der Waals surface area contributed by atoms with E-state index in [4.69, 9.17) is 0 Å². The molecule has 66 valence electrons. The van der Waals surface area contributed by atoms with Gasteiger partial charge in [-0.15, -0.1) is 0 Å². The predicted molar refractivity (Wildman–Crippen MR) is 49.0 cm³/mol. The first-order chi connectivity index (χ1) is 5.61. The molecule has 0 spiro atoms. The summed E-state index contributed by atoms with van der Waals surface area (Å²) in [5.74, 6) is 0.452. The average molecular weight is 165 g/mol. The molecule has 1 rings (SSSR count). The second kappa shape index (κ2) is 3.68. The Morgan fingerprint density at radius 2 is 1.92 bits per heavy atom. The van der Waals surface area contributed by atoms with Crippen LogP contribution in [0.5, 0.6) is 0 Å². The van der Waals surface area contributed by atoms with Gasteiger partial charge in [0.1, 0.15) is 0 Å². The zero-order valence-corrected chi connectivity index (χ0v) is 7.78. The van der Waals surface area contributed by atoms with Crippen molar-refractivity contribution in [1.29, 1.82) is 0 Å². The molecule has 0 fully saturated rings. The molecule has 0 aliphatic heterocycles. The van der Waals surface area contributed by atoms with Gasteiger partial charge in [0.05, 0.1) is 6.10 Å².